The van der Waals surface area contributed by atoms with Crippen molar-refractivity contribution in [3.8, 4) is 11.1 Å². The first kappa shape index (κ1) is 14.7. The fourth-order valence-electron chi connectivity index (χ4n) is 2.76. The van der Waals surface area contributed by atoms with Gasteiger partial charge in [0, 0.05) is 11.3 Å². The van der Waals surface area contributed by atoms with Crippen LogP contribution in [-0.4, -0.2) is 19.2 Å². The summed E-state index contributed by atoms with van der Waals surface area (Å²) in [5, 5.41) is 6.66. The van der Waals surface area contributed by atoms with Crippen molar-refractivity contribution in [1.29, 1.82) is 0 Å². The van der Waals surface area contributed by atoms with Gasteiger partial charge in [0.15, 0.2) is 5.88 Å². The Morgan fingerprint density at radius 3 is 2.45 bits per heavy atom. The number of nitrogens with one attached hydrogen (secondary N) is 2. The van der Waals surface area contributed by atoms with Gasteiger partial charge in [-0.2, -0.15) is 0 Å². The predicted molar refractivity (Wildman–Crippen MR) is 91.6 cm³/mol. The molecule has 114 valence electrons. The lowest BCUT2D eigenvalue weighted by molar-refractivity contribution is 0.0925. The van der Waals surface area contributed by atoms with Gasteiger partial charge in [0.05, 0.1) is 0 Å². The van der Waals surface area contributed by atoms with Crippen molar-refractivity contribution in [3.05, 3.63) is 67.1 Å². The maximum absolute atomic E-state index is 5.94. The molecule has 0 saturated carbocycles. The third-order valence-corrected chi connectivity index (χ3v) is 3.88. The summed E-state index contributed by atoms with van der Waals surface area (Å²) < 4.78 is 5.94. The van der Waals surface area contributed by atoms with Crippen molar-refractivity contribution < 1.29 is 4.74 Å². The Balaban J connectivity index is 1.71. The average Bonchev–Trinajstić information content (AvgIpc) is 2.57. The molecule has 0 spiro atoms. The molecular weight excluding hydrogens is 272 g/mol. The van der Waals surface area contributed by atoms with E-state index < -0.39 is 0 Å². The van der Waals surface area contributed by atoms with Gasteiger partial charge in [0.1, 0.15) is 6.10 Å². The lowest BCUT2D eigenvalue weighted by atomic mass is 10.0. The van der Waals surface area contributed by atoms with Gasteiger partial charge in [-0.05, 0) is 44.1 Å². The maximum atomic E-state index is 5.94. The molecule has 1 heterocycles. The third kappa shape index (κ3) is 3.68. The SMILES string of the molecule is C=C(Nc1ccccc1-c1ccccc1)OC1CCNCC1. The van der Waals surface area contributed by atoms with Gasteiger partial charge in [-0.15, -0.1) is 0 Å². The Morgan fingerprint density at radius 2 is 1.68 bits per heavy atom. The molecule has 0 amide bonds. The minimum absolute atomic E-state index is 0.255. The lowest BCUT2D eigenvalue weighted by Crippen LogP contribution is -2.32. The number of rotatable bonds is 5. The number of hydrogen-bond acceptors (Lipinski definition) is 3. The van der Waals surface area contributed by atoms with Crippen LogP contribution in [0.2, 0.25) is 0 Å². The first-order valence-corrected chi connectivity index (χ1v) is 7.81. The van der Waals surface area contributed by atoms with Crippen LogP contribution in [0.15, 0.2) is 67.1 Å². The van der Waals surface area contributed by atoms with Crippen LogP contribution in [0.4, 0.5) is 5.69 Å². The van der Waals surface area contributed by atoms with Crippen LogP contribution in [0.1, 0.15) is 12.8 Å². The zero-order valence-corrected chi connectivity index (χ0v) is 12.7. The van der Waals surface area contributed by atoms with Gasteiger partial charge in [-0.3, -0.25) is 0 Å². The van der Waals surface area contributed by atoms with Crippen LogP contribution in [0.25, 0.3) is 11.1 Å². The zero-order chi connectivity index (χ0) is 15.2. The minimum atomic E-state index is 0.255. The fraction of sp³-hybridized carbons (Fsp3) is 0.263. The van der Waals surface area contributed by atoms with E-state index in [1.54, 1.807) is 0 Å². The fourth-order valence-corrected chi connectivity index (χ4v) is 2.76. The smallest absolute Gasteiger partial charge is 0.183 e. The minimum Gasteiger partial charge on any atom is -0.476 e. The highest BCUT2D eigenvalue weighted by Crippen LogP contribution is 2.28. The summed E-state index contributed by atoms with van der Waals surface area (Å²) in [7, 11) is 0. The van der Waals surface area contributed by atoms with E-state index >= 15 is 0 Å². The highest BCUT2D eigenvalue weighted by Gasteiger charge is 2.15. The second kappa shape index (κ2) is 7.14. The van der Waals surface area contributed by atoms with E-state index in [1.165, 1.54) is 5.56 Å². The monoisotopic (exact) mass is 294 g/mol. The van der Waals surface area contributed by atoms with E-state index in [2.05, 4.69) is 41.5 Å². The van der Waals surface area contributed by atoms with Gasteiger partial charge in [0.25, 0.3) is 0 Å². The first-order valence-electron chi connectivity index (χ1n) is 7.81. The lowest BCUT2D eigenvalue weighted by Gasteiger charge is -2.25. The Labute approximate surface area is 132 Å². The van der Waals surface area contributed by atoms with E-state index in [0.29, 0.717) is 5.88 Å². The topological polar surface area (TPSA) is 33.3 Å². The van der Waals surface area contributed by atoms with Crippen molar-refractivity contribution in [3.63, 3.8) is 0 Å². The number of para-hydroxylation sites is 1. The van der Waals surface area contributed by atoms with Gasteiger partial charge in [-0.1, -0.05) is 48.5 Å². The second-order valence-corrected chi connectivity index (χ2v) is 5.53. The van der Waals surface area contributed by atoms with Crippen LogP contribution < -0.4 is 10.6 Å². The number of anilines is 1. The molecule has 2 aromatic rings. The Bertz CT molecular complexity index is 618. The molecular formula is C19H22N2O. The summed E-state index contributed by atoms with van der Waals surface area (Å²) in [6.45, 7) is 6.05. The van der Waals surface area contributed by atoms with Crippen molar-refractivity contribution in [2.45, 2.75) is 18.9 Å². The van der Waals surface area contributed by atoms with Crippen LogP contribution in [-0.2, 0) is 4.74 Å². The Morgan fingerprint density at radius 1 is 1.00 bits per heavy atom. The molecule has 3 nitrogen and oxygen atoms in total. The van der Waals surface area contributed by atoms with Crippen molar-refractivity contribution in [1.82, 2.24) is 5.32 Å². The molecule has 0 aromatic heterocycles. The molecule has 0 radical (unpaired) electrons. The third-order valence-electron chi connectivity index (χ3n) is 3.88. The van der Waals surface area contributed by atoms with Crippen molar-refractivity contribution in [2.75, 3.05) is 18.4 Å². The molecule has 22 heavy (non-hydrogen) atoms. The summed E-state index contributed by atoms with van der Waals surface area (Å²) >= 11 is 0. The molecule has 1 fully saturated rings. The summed E-state index contributed by atoms with van der Waals surface area (Å²) in [6.07, 6.45) is 2.31. The molecule has 3 heteroatoms. The molecule has 0 bridgehead atoms. The Hall–Kier alpha value is -2.26. The van der Waals surface area contributed by atoms with Crippen molar-refractivity contribution >= 4 is 5.69 Å². The van der Waals surface area contributed by atoms with E-state index in [0.717, 1.165) is 37.2 Å². The molecule has 2 aromatic carbocycles. The average molecular weight is 294 g/mol. The molecule has 1 aliphatic rings. The quantitative estimate of drug-likeness (QED) is 0.818. The standard InChI is InChI=1S/C19H22N2O/c1-15(22-17-11-13-20-14-12-17)21-19-10-6-5-9-18(19)16-7-3-2-4-8-16/h2-10,17,20-21H,1,11-14H2. The van der Waals surface area contributed by atoms with Gasteiger partial charge in [-0.25, -0.2) is 0 Å². The van der Waals surface area contributed by atoms with E-state index in [9.17, 15) is 0 Å². The van der Waals surface area contributed by atoms with Crippen LogP contribution >= 0.6 is 0 Å². The highest BCUT2D eigenvalue weighted by atomic mass is 16.5. The second-order valence-electron chi connectivity index (χ2n) is 5.53. The molecule has 1 aliphatic heterocycles. The van der Waals surface area contributed by atoms with Gasteiger partial charge >= 0.3 is 0 Å². The summed E-state index contributed by atoms with van der Waals surface area (Å²) in [5.41, 5.74) is 3.35. The molecule has 2 N–H and O–H groups in total. The number of benzene rings is 2. The van der Waals surface area contributed by atoms with Gasteiger partial charge < -0.3 is 15.4 Å². The molecule has 0 atom stereocenters. The van der Waals surface area contributed by atoms with Crippen molar-refractivity contribution in [2.24, 2.45) is 0 Å². The highest BCUT2D eigenvalue weighted by molar-refractivity contribution is 5.78. The van der Waals surface area contributed by atoms with Crippen LogP contribution in [0.5, 0.6) is 0 Å². The molecule has 0 unspecified atom stereocenters. The molecule has 3 rings (SSSR count). The van der Waals surface area contributed by atoms with E-state index in [-0.39, 0.29) is 6.10 Å². The predicted octanol–water partition coefficient (Wildman–Crippen LogP) is 4.01. The number of piperidine rings is 1. The van der Waals surface area contributed by atoms with E-state index in [1.807, 2.05) is 30.3 Å². The first-order chi connectivity index (χ1) is 10.8. The normalized spacial score (nSPS) is 15.3. The van der Waals surface area contributed by atoms with E-state index in [4.69, 9.17) is 4.74 Å². The van der Waals surface area contributed by atoms with Gasteiger partial charge in [0.2, 0.25) is 0 Å². The van der Waals surface area contributed by atoms with Crippen LogP contribution in [0.3, 0.4) is 0 Å². The largest absolute Gasteiger partial charge is 0.476 e. The number of hydrogen-bond donors (Lipinski definition) is 2. The molecule has 0 aliphatic carbocycles. The zero-order valence-electron chi connectivity index (χ0n) is 12.7. The summed E-state index contributed by atoms with van der Waals surface area (Å²) in [4.78, 5) is 0. The Kier molecular flexibility index (Phi) is 4.76. The number of ether oxygens (including phenoxy) is 1. The molecule has 1 saturated heterocycles. The summed E-state index contributed by atoms with van der Waals surface area (Å²) in [6, 6.07) is 18.6. The van der Waals surface area contributed by atoms with Crippen LogP contribution in [0, 0.1) is 0 Å². The maximum Gasteiger partial charge on any atom is 0.183 e. The summed E-state index contributed by atoms with van der Waals surface area (Å²) in [5.74, 6) is 0.621.